The molecule has 0 bridgehead atoms. The molecule has 14 heteroatoms. The highest BCUT2D eigenvalue weighted by Crippen LogP contribution is 2.59. The summed E-state index contributed by atoms with van der Waals surface area (Å²) in [6, 6.07) is -0.939. The fourth-order valence-electron chi connectivity index (χ4n) is 9.21. The number of carbonyl (C=O) groups is 6. The zero-order chi connectivity index (χ0) is 37.2. The van der Waals surface area contributed by atoms with Crippen molar-refractivity contribution in [1.82, 2.24) is 41.1 Å². The summed E-state index contributed by atoms with van der Waals surface area (Å²) >= 11 is 0. The van der Waals surface area contributed by atoms with Crippen LogP contribution in [0.25, 0.3) is 0 Å². The molecular formula is C38H48N8O6. The zero-order valence-electron chi connectivity index (χ0n) is 30.0. The molecule has 0 spiro atoms. The van der Waals surface area contributed by atoms with Gasteiger partial charge in [-0.25, -0.2) is 4.98 Å². The van der Waals surface area contributed by atoms with Crippen molar-refractivity contribution in [1.29, 1.82) is 0 Å². The van der Waals surface area contributed by atoms with Gasteiger partial charge < -0.3 is 26.2 Å². The second kappa shape index (κ2) is 15.3. The van der Waals surface area contributed by atoms with E-state index in [1.54, 1.807) is 38.4 Å². The largest absolute Gasteiger partial charge is 0.343 e. The summed E-state index contributed by atoms with van der Waals surface area (Å²) in [6.45, 7) is 9.66. The second-order valence-electron chi connectivity index (χ2n) is 14.9. The predicted molar refractivity (Wildman–Crippen MR) is 189 cm³/mol. The molecule has 276 valence electrons. The van der Waals surface area contributed by atoms with Crippen LogP contribution in [0.15, 0.2) is 55.3 Å². The highest BCUT2D eigenvalue weighted by atomic mass is 16.2. The van der Waals surface area contributed by atoms with E-state index in [-0.39, 0.29) is 30.0 Å². The first-order valence-electron chi connectivity index (χ1n) is 18.3. The quantitative estimate of drug-likeness (QED) is 0.189. The van der Waals surface area contributed by atoms with E-state index < -0.39 is 70.9 Å². The van der Waals surface area contributed by atoms with Gasteiger partial charge in [0.25, 0.3) is 11.8 Å². The second-order valence-corrected chi connectivity index (χ2v) is 14.9. The minimum absolute atomic E-state index is 0.0724. The van der Waals surface area contributed by atoms with Crippen molar-refractivity contribution < 1.29 is 28.8 Å². The summed E-state index contributed by atoms with van der Waals surface area (Å²) < 4.78 is 0. The maximum atomic E-state index is 14.4. The normalized spacial score (nSPS) is 27.0. The summed E-state index contributed by atoms with van der Waals surface area (Å²) in [5.41, 5.74) is 0.513. The zero-order valence-corrected chi connectivity index (χ0v) is 30.0. The molecule has 4 fully saturated rings. The molecule has 4 aliphatic rings. The third-order valence-corrected chi connectivity index (χ3v) is 11.9. The number of aromatic nitrogens is 3. The Hall–Kier alpha value is -5.01. The van der Waals surface area contributed by atoms with Crippen LogP contribution in [0.3, 0.4) is 0 Å². The van der Waals surface area contributed by atoms with Gasteiger partial charge in [0.05, 0.1) is 12.2 Å². The average molecular weight is 713 g/mol. The molecule has 2 saturated carbocycles. The van der Waals surface area contributed by atoms with Crippen LogP contribution in [0.1, 0.15) is 94.2 Å². The lowest BCUT2D eigenvalue weighted by Crippen LogP contribution is -2.68. The molecule has 14 nitrogen and oxygen atoms in total. The van der Waals surface area contributed by atoms with Crippen molar-refractivity contribution >= 4 is 35.3 Å². The Morgan fingerprint density at radius 2 is 1.73 bits per heavy atom. The van der Waals surface area contributed by atoms with Crippen LogP contribution in [0.2, 0.25) is 0 Å². The Labute approximate surface area is 303 Å². The molecular weight excluding hydrogens is 664 g/mol. The average Bonchev–Trinajstić information content (AvgIpc) is 3.74. The van der Waals surface area contributed by atoms with Crippen LogP contribution in [0, 0.1) is 23.2 Å². The molecule has 2 aromatic heterocycles. The molecule has 1 unspecified atom stereocenters. The van der Waals surface area contributed by atoms with Crippen molar-refractivity contribution in [2.75, 3.05) is 6.54 Å². The maximum Gasteiger partial charge on any atom is 0.290 e. The lowest BCUT2D eigenvalue weighted by atomic mass is 9.63. The number of hydrogen-bond acceptors (Lipinski definition) is 9. The smallest absolute Gasteiger partial charge is 0.290 e. The molecule has 5 amide bonds. The van der Waals surface area contributed by atoms with Gasteiger partial charge in [-0.3, -0.25) is 38.7 Å². The summed E-state index contributed by atoms with van der Waals surface area (Å²) in [4.78, 5) is 96.3. The highest BCUT2D eigenvalue weighted by molar-refractivity contribution is 6.39. The van der Waals surface area contributed by atoms with Crippen LogP contribution in [-0.2, 0) is 24.0 Å². The number of hydrogen-bond donors (Lipinski definition) is 4. The molecule has 4 heterocycles. The third kappa shape index (κ3) is 6.94. The fraction of sp³-hybridized carbons (Fsp3) is 0.553. The van der Waals surface area contributed by atoms with Crippen molar-refractivity contribution in [3.8, 4) is 0 Å². The first-order chi connectivity index (χ1) is 25.0. The lowest BCUT2D eigenvalue weighted by molar-refractivity contribution is -0.152. The van der Waals surface area contributed by atoms with Crippen molar-refractivity contribution in [3.05, 3.63) is 66.5 Å². The third-order valence-electron chi connectivity index (χ3n) is 11.9. The summed E-state index contributed by atoms with van der Waals surface area (Å²) in [7, 11) is 0. The van der Waals surface area contributed by atoms with Gasteiger partial charge in [-0.2, -0.15) is 0 Å². The molecule has 2 aromatic rings. The molecule has 2 aliphatic heterocycles. The van der Waals surface area contributed by atoms with Gasteiger partial charge in [0.2, 0.25) is 23.5 Å². The molecule has 2 saturated heterocycles. The first kappa shape index (κ1) is 36.8. The van der Waals surface area contributed by atoms with Crippen molar-refractivity contribution in [2.45, 2.75) is 102 Å². The van der Waals surface area contributed by atoms with E-state index in [4.69, 9.17) is 0 Å². The Morgan fingerprint density at radius 1 is 1.00 bits per heavy atom. The van der Waals surface area contributed by atoms with E-state index in [0.717, 1.165) is 37.7 Å². The highest BCUT2D eigenvalue weighted by Gasteiger charge is 2.67. The number of amides is 5. The van der Waals surface area contributed by atoms with Crippen molar-refractivity contribution in [3.63, 3.8) is 0 Å². The lowest BCUT2D eigenvalue weighted by Gasteiger charge is -2.48. The Kier molecular flexibility index (Phi) is 10.8. The van der Waals surface area contributed by atoms with E-state index in [1.807, 2.05) is 6.92 Å². The van der Waals surface area contributed by atoms with Crippen LogP contribution in [0.4, 0.5) is 0 Å². The molecule has 6 rings (SSSR count). The van der Waals surface area contributed by atoms with Gasteiger partial charge >= 0.3 is 0 Å². The summed E-state index contributed by atoms with van der Waals surface area (Å²) in [6.07, 6.45) is 13.6. The molecule has 8 atom stereocenters. The van der Waals surface area contributed by atoms with E-state index in [2.05, 4.69) is 42.8 Å². The topological polar surface area (TPSA) is 192 Å². The van der Waals surface area contributed by atoms with E-state index >= 15 is 0 Å². The van der Waals surface area contributed by atoms with Crippen LogP contribution in [0.5, 0.6) is 0 Å². The molecule has 52 heavy (non-hydrogen) atoms. The van der Waals surface area contributed by atoms with Crippen LogP contribution < -0.4 is 21.3 Å². The maximum absolute atomic E-state index is 14.4. The summed E-state index contributed by atoms with van der Waals surface area (Å²) in [5.74, 6) is -4.07. The van der Waals surface area contributed by atoms with Gasteiger partial charge in [0, 0.05) is 42.7 Å². The molecule has 0 aromatic carbocycles. The number of nitrogens with zero attached hydrogens (tertiary/aromatic N) is 4. The van der Waals surface area contributed by atoms with E-state index in [1.165, 1.54) is 23.5 Å². The van der Waals surface area contributed by atoms with E-state index in [0.29, 0.717) is 24.8 Å². The monoisotopic (exact) mass is 712 g/mol. The van der Waals surface area contributed by atoms with Crippen LogP contribution >= 0.6 is 0 Å². The van der Waals surface area contributed by atoms with Gasteiger partial charge in [-0.1, -0.05) is 32.8 Å². The van der Waals surface area contributed by atoms with E-state index in [9.17, 15) is 28.8 Å². The number of rotatable bonds is 12. The molecule has 4 N–H and O–H groups in total. The Balaban J connectivity index is 1.20. The Morgan fingerprint density at radius 3 is 2.38 bits per heavy atom. The van der Waals surface area contributed by atoms with Crippen molar-refractivity contribution in [2.24, 2.45) is 23.2 Å². The number of carbonyl (C=O) groups excluding carboxylic acids is 6. The number of pyridine rings is 1. The SMILES string of the molecule is C=C(C)[C@H](NC(=O)[C@@H](NC(=O)c1cnccn1)C1CCCCC1)C(=O)N1C[C@@H]2CCC3(CC)[C@@H]2[C@H]1C(=O)N[C@@H]3C(=O)C(=O)N[C@@H](C)c1ccncc1. The molecule has 0 radical (unpaired) electrons. The minimum Gasteiger partial charge on any atom is -0.343 e. The van der Waals surface area contributed by atoms with Gasteiger partial charge in [0.1, 0.15) is 29.9 Å². The number of ketones is 1. The van der Waals surface area contributed by atoms with Gasteiger partial charge in [-0.15, -0.1) is 0 Å². The standard InChI is InChI=1S/C38H48N8O6/c1-5-38-14-11-25-20-46(30(27(25)38)35(50)45-32(38)31(47)36(51)42-22(4)23-12-15-39-16-13-23)37(52)28(21(2)3)43-34(49)29(24-9-7-6-8-10-24)44-33(48)26-19-40-17-18-41-26/h12-13,15-19,22,24-25,27-30,32H,2,5-11,14,20H2,1,3-4H3,(H,42,51)(H,43,49)(H,44,48)(H,45,50)/t22-,25-,27-,28-,29-,30-,32+,38?/m0/s1. The van der Waals surface area contributed by atoms with Crippen LogP contribution in [-0.4, -0.2) is 85.9 Å². The number of Topliss-reactive ketones (excluding diaryl/α,β-unsaturated/α-hetero) is 1. The number of nitrogens with one attached hydrogen (secondary N) is 4. The van der Waals surface area contributed by atoms with Gasteiger partial charge in [0.15, 0.2) is 0 Å². The minimum atomic E-state index is -1.16. The molecule has 2 aliphatic carbocycles. The first-order valence-corrected chi connectivity index (χ1v) is 18.3. The number of likely N-dealkylation sites (tertiary alicyclic amines) is 1. The fourth-order valence-corrected chi connectivity index (χ4v) is 9.21. The summed E-state index contributed by atoms with van der Waals surface area (Å²) in [5, 5.41) is 11.4. The van der Waals surface area contributed by atoms with Gasteiger partial charge in [-0.05, 0) is 81.1 Å². The Bertz CT molecular complexity index is 1720. The number of piperidine rings is 1. The predicted octanol–water partition coefficient (Wildman–Crippen LogP) is 2.19.